The van der Waals surface area contributed by atoms with Gasteiger partial charge in [-0.1, -0.05) is 6.92 Å². The molecule has 1 rings (SSSR count). The van der Waals surface area contributed by atoms with E-state index in [1.807, 2.05) is 6.92 Å². The molecule has 1 heterocycles. The van der Waals surface area contributed by atoms with Crippen LogP contribution in [0, 0.1) is 0 Å². The molecule has 1 unspecified atom stereocenters. The van der Waals surface area contributed by atoms with Crippen LogP contribution >= 0.6 is 11.8 Å². The van der Waals surface area contributed by atoms with Crippen LogP contribution in [0.15, 0.2) is 0 Å². The minimum Gasteiger partial charge on any atom is -0.480 e. The fourth-order valence-corrected chi connectivity index (χ4v) is 2.63. The van der Waals surface area contributed by atoms with Gasteiger partial charge in [0.05, 0.1) is 6.10 Å². The molecule has 0 spiro atoms. The molecule has 0 saturated carbocycles. The minimum atomic E-state index is -1.26. The highest BCUT2D eigenvalue weighted by Gasteiger charge is 2.28. The summed E-state index contributed by atoms with van der Waals surface area (Å²) >= 11 is 1.78. The number of hydrogen-bond acceptors (Lipinski definition) is 4. The fourth-order valence-electron chi connectivity index (χ4n) is 1.62. The van der Waals surface area contributed by atoms with Gasteiger partial charge in [0, 0.05) is 24.1 Å². The number of thioether (sulfide) groups is 1. The van der Waals surface area contributed by atoms with Gasteiger partial charge in [0.1, 0.15) is 0 Å². The zero-order valence-corrected chi connectivity index (χ0v) is 10.7. The van der Waals surface area contributed by atoms with Crippen LogP contribution in [0.4, 0.5) is 4.79 Å². The van der Waals surface area contributed by atoms with Gasteiger partial charge in [-0.15, -0.1) is 0 Å². The molecule has 3 N–H and O–H groups in total. The first-order valence-electron chi connectivity index (χ1n) is 5.49. The number of aliphatic carboxylic acids is 1. The van der Waals surface area contributed by atoms with Crippen LogP contribution in [0.5, 0.6) is 0 Å². The van der Waals surface area contributed by atoms with Crippen molar-refractivity contribution in [3.8, 4) is 0 Å². The molecule has 3 atom stereocenters. The van der Waals surface area contributed by atoms with Crippen LogP contribution in [-0.4, -0.2) is 63.4 Å². The summed E-state index contributed by atoms with van der Waals surface area (Å²) in [6.07, 6.45) is -1.12. The number of nitrogens with zero attached hydrogens (tertiary/aromatic N) is 1. The Morgan fingerprint density at radius 1 is 1.53 bits per heavy atom. The smallest absolute Gasteiger partial charge is 0.328 e. The third-order valence-electron chi connectivity index (χ3n) is 2.56. The molecule has 17 heavy (non-hydrogen) atoms. The summed E-state index contributed by atoms with van der Waals surface area (Å²) in [6, 6.07) is -1.68. The van der Waals surface area contributed by atoms with E-state index in [0.717, 1.165) is 5.75 Å². The Kier molecular flexibility index (Phi) is 5.07. The lowest BCUT2D eigenvalue weighted by Gasteiger charge is -2.31. The molecule has 0 aliphatic carbocycles. The van der Waals surface area contributed by atoms with Crippen molar-refractivity contribution in [1.29, 1.82) is 0 Å². The number of amides is 2. The van der Waals surface area contributed by atoms with Gasteiger partial charge in [-0.25, -0.2) is 9.59 Å². The van der Waals surface area contributed by atoms with Crippen molar-refractivity contribution >= 4 is 23.8 Å². The maximum absolute atomic E-state index is 11.8. The lowest BCUT2D eigenvalue weighted by atomic mass is 10.2. The normalized spacial score (nSPS) is 23.9. The average molecular weight is 262 g/mol. The Morgan fingerprint density at radius 3 is 2.65 bits per heavy atom. The van der Waals surface area contributed by atoms with E-state index in [2.05, 4.69) is 5.32 Å². The molecule has 0 aromatic heterocycles. The van der Waals surface area contributed by atoms with Crippen LogP contribution in [0.1, 0.15) is 13.8 Å². The van der Waals surface area contributed by atoms with Gasteiger partial charge >= 0.3 is 12.0 Å². The predicted octanol–water partition coefficient (Wildman–Crippen LogP) is -0.0327. The van der Waals surface area contributed by atoms with Crippen LogP contribution in [0.2, 0.25) is 0 Å². The highest BCUT2D eigenvalue weighted by molar-refractivity contribution is 7.99. The van der Waals surface area contributed by atoms with Crippen molar-refractivity contribution in [3.63, 3.8) is 0 Å². The number of carbonyl (C=O) groups excluding carboxylic acids is 1. The summed E-state index contributed by atoms with van der Waals surface area (Å²) in [6.45, 7) is 4.57. The van der Waals surface area contributed by atoms with Crippen LogP contribution < -0.4 is 5.32 Å². The quantitative estimate of drug-likeness (QED) is 0.664. The summed E-state index contributed by atoms with van der Waals surface area (Å²) < 4.78 is 0. The third-order valence-corrected chi connectivity index (χ3v) is 3.69. The first-order valence-corrected chi connectivity index (χ1v) is 6.54. The van der Waals surface area contributed by atoms with E-state index in [4.69, 9.17) is 5.11 Å². The molecule has 98 valence electrons. The van der Waals surface area contributed by atoms with Crippen molar-refractivity contribution in [2.45, 2.75) is 31.2 Å². The Balaban J connectivity index is 2.54. The van der Waals surface area contributed by atoms with Crippen molar-refractivity contribution in [3.05, 3.63) is 0 Å². The minimum absolute atomic E-state index is 0.351. The molecule has 0 bridgehead atoms. The first kappa shape index (κ1) is 14.1. The van der Waals surface area contributed by atoms with Crippen LogP contribution in [0.25, 0.3) is 0 Å². The fraction of sp³-hybridized carbons (Fsp3) is 0.800. The third kappa shape index (κ3) is 4.08. The van der Waals surface area contributed by atoms with Gasteiger partial charge < -0.3 is 20.4 Å². The number of aliphatic hydroxyl groups is 1. The van der Waals surface area contributed by atoms with Gasteiger partial charge in [-0.05, 0) is 6.92 Å². The molecule has 1 aliphatic rings. The molecular formula is C10H18N2O4S. The predicted molar refractivity (Wildman–Crippen MR) is 65.1 cm³/mol. The lowest BCUT2D eigenvalue weighted by Crippen LogP contribution is -2.54. The second-order valence-electron chi connectivity index (χ2n) is 4.13. The number of hydrogen-bond donors (Lipinski definition) is 3. The summed E-state index contributed by atoms with van der Waals surface area (Å²) in [5.41, 5.74) is 0. The van der Waals surface area contributed by atoms with Crippen molar-refractivity contribution in [2.75, 3.05) is 18.8 Å². The van der Waals surface area contributed by atoms with E-state index >= 15 is 0 Å². The Morgan fingerprint density at radius 2 is 2.18 bits per heavy atom. The number of rotatable bonds is 3. The maximum Gasteiger partial charge on any atom is 0.328 e. The number of aliphatic hydroxyl groups excluding tert-OH is 1. The van der Waals surface area contributed by atoms with E-state index in [-0.39, 0.29) is 0 Å². The zero-order chi connectivity index (χ0) is 13.0. The first-order chi connectivity index (χ1) is 7.91. The second kappa shape index (κ2) is 6.11. The Hall–Kier alpha value is -0.950. The van der Waals surface area contributed by atoms with Crippen molar-refractivity contribution in [2.24, 2.45) is 0 Å². The number of carbonyl (C=O) groups is 2. The standard InChI is InChI=1S/C10H18N2O4S/c1-6-5-12(3-4-17-6)10(16)11-8(7(2)13)9(14)15/h6-8,13H,3-5H2,1-2H3,(H,11,16)(H,14,15)/t6?,7-,8+/m1/s1. The van der Waals surface area contributed by atoms with Crippen molar-refractivity contribution < 1.29 is 19.8 Å². The highest BCUT2D eigenvalue weighted by atomic mass is 32.2. The number of carboxylic acids is 1. The zero-order valence-electron chi connectivity index (χ0n) is 9.92. The second-order valence-corrected chi connectivity index (χ2v) is 5.68. The maximum atomic E-state index is 11.8. The molecule has 1 aliphatic heterocycles. The average Bonchev–Trinajstić information content (AvgIpc) is 2.24. The van der Waals surface area contributed by atoms with Gasteiger partial charge in [-0.2, -0.15) is 11.8 Å². The molecule has 6 nitrogen and oxygen atoms in total. The van der Waals surface area contributed by atoms with E-state index in [1.165, 1.54) is 6.92 Å². The summed E-state index contributed by atoms with van der Waals surface area (Å²) in [5.74, 6) is -0.381. The molecule has 2 amide bonds. The largest absolute Gasteiger partial charge is 0.480 e. The summed E-state index contributed by atoms with van der Waals surface area (Å²) in [4.78, 5) is 24.2. The molecule has 1 saturated heterocycles. The molecule has 1 fully saturated rings. The van der Waals surface area contributed by atoms with Gasteiger partial charge in [0.15, 0.2) is 6.04 Å². The molecule has 7 heteroatoms. The van der Waals surface area contributed by atoms with Crippen LogP contribution in [0.3, 0.4) is 0 Å². The number of carboxylic acid groups (broad SMARTS) is 1. The van der Waals surface area contributed by atoms with E-state index < -0.39 is 24.1 Å². The van der Waals surface area contributed by atoms with Gasteiger partial charge in [0.2, 0.25) is 0 Å². The topological polar surface area (TPSA) is 89.9 Å². The van der Waals surface area contributed by atoms with Crippen molar-refractivity contribution in [1.82, 2.24) is 10.2 Å². The van der Waals surface area contributed by atoms with E-state index in [1.54, 1.807) is 16.7 Å². The lowest BCUT2D eigenvalue weighted by molar-refractivity contribution is -0.141. The highest BCUT2D eigenvalue weighted by Crippen LogP contribution is 2.17. The van der Waals surface area contributed by atoms with E-state index in [0.29, 0.717) is 18.3 Å². The molecule has 0 aromatic rings. The SMILES string of the molecule is CC1CN(C(=O)N[C@H](C(=O)O)[C@@H](C)O)CCS1. The monoisotopic (exact) mass is 262 g/mol. The molecule has 0 radical (unpaired) electrons. The number of urea groups is 1. The van der Waals surface area contributed by atoms with Gasteiger partial charge in [-0.3, -0.25) is 0 Å². The number of nitrogens with one attached hydrogen (secondary N) is 1. The summed E-state index contributed by atoms with van der Waals surface area (Å²) in [7, 11) is 0. The van der Waals surface area contributed by atoms with E-state index in [9.17, 15) is 14.7 Å². The van der Waals surface area contributed by atoms with Gasteiger partial charge in [0.25, 0.3) is 0 Å². The molecular weight excluding hydrogens is 244 g/mol. The Bertz CT molecular complexity index is 298. The Labute approximate surface area is 104 Å². The summed E-state index contributed by atoms with van der Waals surface area (Å²) in [5, 5.41) is 20.8. The molecule has 0 aromatic carbocycles. The van der Waals surface area contributed by atoms with Crippen LogP contribution in [-0.2, 0) is 4.79 Å².